The zero-order valence-corrected chi connectivity index (χ0v) is 30.5. The average molecular weight is 714 g/mol. The minimum atomic E-state index is 0.632. The van der Waals surface area contributed by atoms with Crippen LogP contribution >= 0.6 is 0 Å². The van der Waals surface area contributed by atoms with Crippen LogP contribution in [0, 0.1) is 0 Å². The first-order valence-corrected chi connectivity index (χ1v) is 18.9. The molecule has 0 atom stereocenters. The van der Waals surface area contributed by atoms with Crippen molar-refractivity contribution in [3.63, 3.8) is 0 Å². The van der Waals surface area contributed by atoms with Gasteiger partial charge in [-0.3, -0.25) is 0 Å². The summed E-state index contributed by atoms with van der Waals surface area (Å²) in [5, 5.41) is 4.59. The SMILES string of the molecule is c1ccc(-c2cccc(-c3cc(-c4nc(-c5ccccc5)nc(-c5ccc6cc(-c7ccccc7-c7ccccc7)ccc6c5)n4)cc4ccccc34)c2)cc1. The topological polar surface area (TPSA) is 38.7 Å². The number of hydrogen-bond donors (Lipinski definition) is 0. The number of rotatable bonds is 7. The van der Waals surface area contributed by atoms with E-state index in [-0.39, 0.29) is 0 Å². The Morgan fingerprint density at radius 1 is 0.214 bits per heavy atom. The fraction of sp³-hybridized carbons (Fsp3) is 0. The standard InChI is InChI=1S/C53H35N3/c1-4-15-36(16-5-1)39-22-14-23-43(31-39)50-35-46(34-42-21-10-11-26-49(42)50)53-55-51(38-19-8-3-9-20-38)54-52(56-53)45-30-28-40-32-44(29-27-41(40)33-45)48-25-13-12-24-47(48)37-17-6-2-7-18-37/h1-35H. The second kappa shape index (κ2) is 14.4. The van der Waals surface area contributed by atoms with E-state index in [4.69, 9.17) is 15.0 Å². The molecule has 10 aromatic rings. The highest BCUT2D eigenvalue weighted by Gasteiger charge is 2.16. The Kier molecular flexibility index (Phi) is 8.51. The van der Waals surface area contributed by atoms with Crippen LogP contribution in [0.2, 0.25) is 0 Å². The third-order valence-corrected chi connectivity index (χ3v) is 10.5. The van der Waals surface area contributed by atoms with E-state index in [1.807, 2.05) is 18.2 Å². The molecule has 9 aromatic carbocycles. The van der Waals surface area contributed by atoms with Crippen LogP contribution in [-0.2, 0) is 0 Å². The molecule has 0 aliphatic rings. The molecule has 0 fully saturated rings. The van der Waals surface area contributed by atoms with Crippen molar-refractivity contribution in [1.82, 2.24) is 15.0 Å². The summed E-state index contributed by atoms with van der Waals surface area (Å²) in [4.78, 5) is 15.4. The monoisotopic (exact) mass is 713 g/mol. The Labute approximate surface area is 326 Å². The molecule has 0 unspecified atom stereocenters. The van der Waals surface area contributed by atoms with Gasteiger partial charge in [-0.25, -0.2) is 15.0 Å². The lowest BCUT2D eigenvalue weighted by Gasteiger charge is -2.14. The third kappa shape index (κ3) is 6.42. The molecule has 0 bridgehead atoms. The third-order valence-electron chi connectivity index (χ3n) is 10.5. The summed E-state index contributed by atoms with van der Waals surface area (Å²) in [7, 11) is 0. The van der Waals surface area contributed by atoms with E-state index in [0.717, 1.165) is 44.0 Å². The molecule has 0 saturated carbocycles. The minimum Gasteiger partial charge on any atom is -0.208 e. The molecule has 0 spiro atoms. The second-order valence-electron chi connectivity index (χ2n) is 14.1. The molecule has 1 aromatic heterocycles. The van der Waals surface area contributed by atoms with Crippen molar-refractivity contribution >= 4 is 21.5 Å². The van der Waals surface area contributed by atoms with Crippen LogP contribution in [0.25, 0.3) is 100 Å². The molecule has 10 rings (SSSR count). The lowest BCUT2D eigenvalue weighted by molar-refractivity contribution is 1.08. The van der Waals surface area contributed by atoms with E-state index in [1.165, 1.54) is 38.8 Å². The van der Waals surface area contributed by atoms with Crippen molar-refractivity contribution in [2.24, 2.45) is 0 Å². The molecule has 0 N–H and O–H groups in total. The van der Waals surface area contributed by atoms with Gasteiger partial charge >= 0.3 is 0 Å². The largest absolute Gasteiger partial charge is 0.208 e. The lowest BCUT2D eigenvalue weighted by atomic mass is 9.93. The van der Waals surface area contributed by atoms with Gasteiger partial charge in [0.2, 0.25) is 0 Å². The average Bonchev–Trinajstić information content (AvgIpc) is 3.29. The van der Waals surface area contributed by atoms with Crippen LogP contribution in [0.3, 0.4) is 0 Å². The van der Waals surface area contributed by atoms with Crippen LogP contribution < -0.4 is 0 Å². The van der Waals surface area contributed by atoms with Gasteiger partial charge in [0.1, 0.15) is 0 Å². The Bertz CT molecular complexity index is 3010. The molecule has 3 heteroatoms. The Morgan fingerprint density at radius 2 is 0.679 bits per heavy atom. The van der Waals surface area contributed by atoms with Gasteiger partial charge in [0.25, 0.3) is 0 Å². The van der Waals surface area contributed by atoms with Crippen molar-refractivity contribution in [3.05, 3.63) is 212 Å². The van der Waals surface area contributed by atoms with Gasteiger partial charge in [-0.15, -0.1) is 0 Å². The number of hydrogen-bond acceptors (Lipinski definition) is 3. The quantitative estimate of drug-likeness (QED) is 0.165. The predicted octanol–water partition coefficient (Wildman–Crippen LogP) is 13.8. The molecule has 262 valence electrons. The Morgan fingerprint density at radius 3 is 1.39 bits per heavy atom. The van der Waals surface area contributed by atoms with Crippen molar-refractivity contribution in [3.8, 4) is 78.7 Å². The number of benzene rings is 9. The fourth-order valence-electron chi connectivity index (χ4n) is 7.68. The highest BCUT2D eigenvalue weighted by molar-refractivity contribution is 6.00. The first-order valence-electron chi connectivity index (χ1n) is 18.9. The van der Waals surface area contributed by atoms with E-state index in [9.17, 15) is 0 Å². The van der Waals surface area contributed by atoms with Crippen molar-refractivity contribution in [2.75, 3.05) is 0 Å². The molecule has 0 aliphatic carbocycles. The zero-order valence-electron chi connectivity index (χ0n) is 30.5. The highest BCUT2D eigenvalue weighted by atomic mass is 15.0. The van der Waals surface area contributed by atoms with Gasteiger partial charge < -0.3 is 0 Å². The summed E-state index contributed by atoms with van der Waals surface area (Å²) in [5.74, 6) is 1.91. The Balaban J connectivity index is 1.09. The number of nitrogens with zero attached hydrogens (tertiary/aromatic N) is 3. The first-order chi connectivity index (χ1) is 27.7. The summed E-state index contributed by atoms with van der Waals surface area (Å²) in [6, 6.07) is 74.8. The van der Waals surface area contributed by atoms with E-state index < -0.39 is 0 Å². The predicted molar refractivity (Wildman–Crippen MR) is 233 cm³/mol. The molecule has 3 nitrogen and oxygen atoms in total. The van der Waals surface area contributed by atoms with Crippen LogP contribution in [0.5, 0.6) is 0 Å². The van der Waals surface area contributed by atoms with Gasteiger partial charge in [0, 0.05) is 16.7 Å². The van der Waals surface area contributed by atoms with Crippen molar-refractivity contribution in [2.45, 2.75) is 0 Å². The summed E-state index contributed by atoms with van der Waals surface area (Å²) in [5.41, 5.74) is 12.3. The summed E-state index contributed by atoms with van der Waals surface area (Å²) >= 11 is 0. The first kappa shape index (κ1) is 33.1. The summed E-state index contributed by atoms with van der Waals surface area (Å²) < 4.78 is 0. The molecular formula is C53H35N3. The molecular weight excluding hydrogens is 679 g/mol. The van der Waals surface area contributed by atoms with Gasteiger partial charge in [0.15, 0.2) is 17.5 Å². The molecule has 56 heavy (non-hydrogen) atoms. The maximum atomic E-state index is 5.20. The van der Waals surface area contributed by atoms with Crippen LogP contribution in [0.15, 0.2) is 212 Å². The van der Waals surface area contributed by atoms with Crippen molar-refractivity contribution < 1.29 is 0 Å². The van der Waals surface area contributed by atoms with Crippen LogP contribution in [0.4, 0.5) is 0 Å². The lowest BCUT2D eigenvalue weighted by Crippen LogP contribution is -2.00. The van der Waals surface area contributed by atoms with Crippen molar-refractivity contribution in [1.29, 1.82) is 0 Å². The fourth-order valence-corrected chi connectivity index (χ4v) is 7.68. The molecule has 0 aliphatic heterocycles. The van der Waals surface area contributed by atoms with Crippen LogP contribution in [-0.4, -0.2) is 15.0 Å². The van der Waals surface area contributed by atoms with E-state index in [2.05, 4.69) is 194 Å². The van der Waals surface area contributed by atoms with Gasteiger partial charge in [0.05, 0.1) is 0 Å². The molecule has 0 amide bonds. The highest BCUT2D eigenvalue weighted by Crippen LogP contribution is 2.37. The normalized spacial score (nSPS) is 11.2. The number of fused-ring (bicyclic) bond motifs is 2. The van der Waals surface area contributed by atoms with E-state index in [0.29, 0.717) is 17.5 Å². The van der Waals surface area contributed by atoms with Crippen LogP contribution in [0.1, 0.15) is 0 Å². The smallest absolute Gasteiger partial charge is 0.164 e. The minimum absolute atomic E-state index is 0.632. The van der Waals surface area contributed by atoms with Gasteiger partial charge in [-0.1, -0.05) is 182 Å². The zero-order chi connectivity index (χ0) is 37.3. The second-order valence-corrected chi connectivity index (χ2v) is 14.1. The van der Waals surface area contributed by atoms with Gasteiger partial charge in [-0.2, -0.15) is 0 Å². The maximum absolute atomic E-state index is 5.20. The summed E-state index contributed by atoms with van der Waals surface area (Å²) in [6.45, 7) is 0. The molecule has 0 radical (unpaired) electrons. The maximum Gasteiger partial charge on any atom is 0.164 e. The van der Waals surface area contributed by atoms with E-state index >= 15 is 0 Å². The van der Waals surface area contributed by atoms with Gasteiger partial charge in [-0.05, 0) is 96.4 Å². The summed E-state index contributed by atoms with van der Waals surface area (Å²) in [6.07, 6.45) is 0. The van der Waals surface area contributed by atoms with E-state index in [1.54, 1.807) is 0 Å². The molecule has 0 saturated heterocycles. The Hall–Kier alpha value is -7.49. The molecule has 1 heterocycles. The number of aromatic nitrogens is 3.